The second kappa shape index (κ2) is 6.47. The fourth-order valence-electron chi connectivity index (χ4n) is 2.24. The molecule has 1 aromatic rings. The number of nitrogens with zero attached hydrogens (tertiary/aromatic N) is 1. The predicted molar refractivity (Wildman–Crippen MR) is 77.4 cm³/mol. The van der Waals surface area contributed by atoms with E-state index in [0.717, 1.165) is 5.56 Å². The zero-order valence-electron chi connectivity index (χ0n) is 12.5. The molecule has 1 saturated heterocycles. The Hall–Kier alpha value is -2.24. The Kier molecular flexibility index (Phi) is 4.67. The van der Waals surface area contributed by atoms with Crippen molar-refractivity contribution in [3.8, 4) is 11.5 Å². The van der Waals surface area contributed by atoms with Crippen LogP contribution in [0.15, 0.2) is 18.2 Å². The maximum atomic E-state index is 12.2. The third kappa shape index (κ3) is 3.45. The lowest BCUT2D eigenvalue weighted by atomic mass is 10.2. The number of aryl methyl sites for hydroxylation is 1. The number of piperazine rings is 1. The molecule has 0 aromatic heterocycles. The molecule has 0 aliphatic carbocycles. The summed E-state index contributed by atoms with van der Waals surface area (Å²) in [7, 11) is 1.56. The van der Waals surface area contributed by atoms with E-state index in [0.29, 0.717) is 24.6 Å². The highest BCUT2D eigenvalue weighted by Crippen LogP contribution is 2.27. The Morgan fingerprint density at radius 3 is 2.90 bits per heavy atom. The third-order valence-corrected chi connectivity index (χ3v) is 3.49. The molecule has 1 aromatic carbocycles. The van der Waals surface area contributed by atoms with E-state index in [-0.39, 0.29) is 18.4 Å². The smallest absolute Gasteiger partial charge is 0.261 e. The average Bonchev–Trinajstić information content (AvgIpc) is 2.48. The van der Waals surface area contributed by atoms with Crippen LogP contribution in [0.3, 0.4) is 0 Å². The van der Waals surface area contributed by atoms with Crippen molar-refractivity contribution in [3.63, 3.8) is 0 Å². The number of ether oxygens (including phenoxy) is 2. The van der Waals surface area contributed by atoms with Gasteiger partial charge in [0.1, 0.15) is 6.04 Å². The van der Waals surface area contributed by atoms with Crippen molar-refractivity contribution in [2.45, 2.75) is 19.9 Å². The van der Waals surface area contributed by atoms with Crippen molar-refractivity contribution in [3.05, 3.63) is 23.8 Å². The van der Waals surface area contributed by atoms with Crippen LogP contribution in [-0.2, 0) is 9.59 Å². The van der Waals surface area contributed by atoms with Gasteiger partial charge in [0.2, 0.25) is 5.91 Å². The molecule has 2 rings (SSSR count). The van der Waals surface area contributed by atoms with E-state index in [9.17, 15) is 9.59 Å². The van der Waals surface area contributed by atoms with Crippen LogP contribution in [-0.4, -0.2) is 49.6 Å². The Labute approximate surface area is 124 Å². The van der Waals surface area contributed by atoms with Crippen LogP contribution < -0.4 is 14.8 Å². The SMILES string of the molecule is COc1cc(C)ccc1OCC(=O)N1CCNC(=O)C1C. The maximum absolute atomic E-state index is 12.2. The number of amides is 2. The Morgan fingerprint density at radius 2 is 2.19 bits per heavy atom. The van der Waals surface area contributed by atoms with Crippen LogP contribution in [0, 0.1) is 6.92 Å². The molecule has 114 valence electrons. The van der Waals surface area contributed by atoms with Gasteiger partial charge in [-0.3, -0.25) is 9.59 Å². The summed E-state index contributed by atoms with van der Waals surface area (Å²) in [5.41, 5.74) is 1.05. The molecule has 6 heteroatoms. The second-order valence-corrected chi connectivity index (χ2v) is 5.00. The minimum Gasteiger partial charge on any atom is -0.493 e. The van der Waals surface area contributed by atoms with Crippen molar-refractivity contribution in [1.29, 1.82) is 0 Å². The van der Waals surface area contributed by atoms with Gasteiger partial charge < -0.3 is 19.7 Å². The van der Waals surface area contributed by atoms with Crippen LogP contribution in [0.25, 0.3) is 0 Å². The number of hydrogen-bond donors (Lipinski definition) is 1. The van der Waals surface area contributed by atoms with E-state index in [1.807, 2.05) is 19.1 Å². The molecule has 1 unspecified atom stereocenters. The number of rotatable bonds is 4. The van der Waals surface area contributed by atoms with E-state index in [2.05, 4.69) is 5.32 Å². The molecule has 21 heavy (non-hydrogen) atoms. The lowest BCUT2D eigenvalue weighted by Gasteiger charge is -2.32. The molecule has 2 amide bonds. The summed E-state index contributed by atoms with van der Waals surface area (Å²) in [5.74, 6) is 0.764. The molecule has 1 N–H and O–H groups in total. The summed E-state index contributed by atoms with van der Waals surface area (Å²) in [6.45, 7) is 4.52. The highest BCUT2D eigenvalue weighted by Gasteiger charge is 2.29. The summed E-state index contributed by atoms with van der Waals surface area (Å²) in [5, 5.41) is 2.72. The van der Waals surface area contributed by atoms with E-state index < -0.39 is 6.04 Å². The molecule has 1 heterocycles. The van der Waals surface area contributed by atoms with Crippen molar-refractivity contribution < 1.29 is 19.1 Å². The largest absolute Gasteiger partial charge is 0.493 e. The molecule has 0 spiro atoms. The van der Waals surface area contributed by atoms with E-state index >= 15 is 0 Å². The topological polar surface area (TPSA) is 67.9 Å². The van der Waals surface area contributed by atoms with Crippen LogP contribution >= 0.6 is 0 Å². The monoisotopic (exact) mass is 292 g/mol. The van der Waals surface area contributed by atoms with E-state index in [1.165, 1.54) is 4.90 Å². The minimum absolute atomic E-state index is 0.114. The molecular formula is C15H20N2O4. The van der Waals surface area contributed by atoms with Crippen molar-refractivity contribution in [2.24, 2.45) is 0 Å². The van der Waals surface area contributed by atoms with E-state index in [1.54, 1.807) is 20.1 Å². The molecule has 1 atom stereocenters. The lowest BCUT2D eigenvalue weighted by Crippen LogP contribution is -2.56. The number of carbonyl (C=O) groups is 2. The molecule has 0 radical (unpaired) electrons. The number of carbonyl (C=O) groups excluding carboxylic acids is 2. The van der Waals surface area contributed by atoms with Gasteiger partial charge in [-0.15, -0.1) is 0 Å². The zero-order valence-corrected chi connectivity index (χ0v) is 12.5. The van der Waals surface area contributed by atoms with Gasteiger partial charge in [0.15, 0.2) is 18.1 Å². The summed E-state index contributed by atoms with van der Waals surface area (Å²) in [4.78, 5) is 25.3. The summed E-state index contributed by atoms with van der Waals surface area (Å²) >= 11 is 0. The number of benzene rings is 1. The van der Waals surface area contributed by atoms with Crippen LogP contribution in [0.1, 0.15) is 12.5 Å². The first-order chi connectivity index (χ1) is 10.0. The quantitative estimate of drug-likeness (QED) is 0.888. The minimum atomic E-state index is -0.463. The van der Waals surface area contributed by atoms with Gasteiger partial charge in [-0.25, -0.2) is 0 Å². The van der Waals surface area contributed by atoms with Crippen molar-refractivity contribution >= 4 is 11.8 Å². The number of hydrogen-bond acceptors (Lipinski definition) is 4. The fraction of sp³-hybridized carbons (Fsp3) is 0.467. The van der Waals surface area contributed by atoms with Gasteiger partial charge in [0.25, 0.3) is 5.91 Å². The highest BCUT2D eigenvalue weighted by atomic mass is 16.5. The van der Waals surface area contributed by atoms with Gasteiger partial charge in [0.05, 0.1) is 7.11 Å². The maximum Gasteiger partial charge on any atom is 0.261 e. The molecule has 1 fully saturated rings. The Bertz CT molecular complexity index is 544. The number of nitrogens with one attached hydrogen (secondary N) is 1. The molecule has 0 saturated carbocycles. The molecule has 1 aliphatic heterocycles. The third-order valence-electron chi connectivity index (χ3n) is 3.49. The van der Waals surface area contributed by atoms with Gasteiger partial charge in [-0.2, -0.15) is 0 Å². The summed E-state index contributed by atoms with van der Waals surface area (Å²) < 4.78 is 10.8. The standard InChI is InChI=1S/C15H20N2O4/c1-10-4-5-12(13(8-10)20-3)21-9-14(18)17-7-6-16-15(19)11(17)2/h4-5,8,11H,6-7,9H2,1-3H3,(H,16,19). The number of methoxy groups -OCH3 is 1. The van der Waals surface area contributed by atoms with Crippen LogP contribution in [0.5, 0.6) is 11.5 Å². The fourth-order valence-corrected chi connectivity index (χ4v) is 2.24. The average molecular weight is 292 g/mol. The Morgan fingerprint density at radius 1 is 1.43 bits per heavy atom. The first-order valence-electron chi connectivity index (χ1n) is 6.87. The molecule has 1 aliphatic rings. The Balaban J connectivity index is 1.99. The normalized spacial score (nSPS) is 18.1. The van der Waals surface area contributed by atoms with E-state index in [4.69, 9.17) is 9.47 Å². The zero-order chi connectivity index (χ0) is 15.4. The van der Waals surface area contributed by atoms with Gasteiger partial charge in [0, 0.05) is 13.1 Å². The highest BCUT2D eigenvalue weighted by molar-refractivity contribution is 5.89. The molecule has 6 nitrogen and oxygen atoms in total. The van der Waals surface area contributed by atoms with Crippen molar-refractivity contribution in [2.75, 3.05) is 26.8 Å². The lowest BCUT2D eigenvalue weighted by molar-refractivity contribution is -0.143. The van der Waals surface area contributed by atoms with Gasteiger partial charge >= 0.3 is 0 Å². The first-order valence-corrected chi connectivity index (χ1v) is 6.87. The second-order valence-electron chi connectivity index (χ2n) is 5.00. The van der Waals surface area contributed by atoms with Crippen LogP contribution in [0.2, 0.25) is 0 Å². The van der Waals surface area contributed by atoms with Crippen LogP contribution in [0.4, 0.5) is 0 Å². The van der Waals surface area contributed by atoms with Crippen molar-refractivity contribution in [1.82, 2.24) is 10.2 Å². The molecule has 0 bridgehead atoms. The first kappa shape index (κ1) is 15.2. The summed E-state index contributed by atoms with van der Waals surface area (Å²) in [6, 6.07) is 5.04. The molecular weight excluding hydrogens is 272 g/mol. The van der Waals surface area contributed by atoms with Gasteiger partial charge in [-0.1, -0.05) is 6.07 Å². The predicted octanol–water partition coefficient (Wildman–Crippen LogP) is 0.729. The summed E-state index contributed by atoms with van der Waals surface area (Å²) in [6.07, 6.45) is 0. The van der Waals surface area contributed by atoms with Gasteiger partial charge in [-0.05, 0) is 31.5 Å².